The molecule has 0 bridgehead atoms. The lowest BCUT2D eigenvalue weighted by Crippen LogP contribution is -2.60. The summed E-state index contributed by atoms with van der Waals surface area (Å²) >= 11 is 6.31. The molecule has 8 nitrogen and oxygen atoms in total. The second-order valence-electron chi connectivity index (χ2n) is 11.5. The molecule has 3 aliphatic rings. The predicted molar refractivity (Wildman–Crippen MR) is 174 cm³/mol. The molecule has 0 aliphatic carbocycles. The van der Waals surface area contributed by atoms with Crippen LogP contribution < -0.4 is 20.9 Å². The van der Waals surface area contributed by atoms with Crippen LogP contribution in [0.3, 0.4) is 0 Å². The number of hydrogen-bond donors (Lipinski definition) is 1. The van der Waals surface area contributed by atoms with Crippen molar-refractivity contribution in [1.29, 1.82) is 0 Å². The number of ether oxygens (including phenoxy) is 2. The van der Waals surface area contributed by atoms with Gasteiger partial charge in [-0.3, -0.25) is 9.69 Å². The van der Waals surface area contributed by atoms with Crippen molar-refractivity contribution in [2.45, 2.75) is 44.4 Å². The van der Waals surface area contributed by atoms with Gasteiger partial charge in [-0.05, 0) is 72.8 Å². The number of hydrogen-bond acceptors (Lipinski definition) is 7. The van der Waals surface area contributed by atoms with Crippen LogP contribution in [-0.2, 0) is 14.3 Å². The number of furan rings is 1. The number of nitrogens with zero attached hydrogens (tertiary/aromatic N) is 3. The maximum atomic E-state index is 14.6. The van der Waals surface area contributed by atoms with Gasteiger partial charge in [-0.15, -0.1) is 18.5 Å². The number of aryl methyl sites for hydroxylation is 2. The first-order chi connectivity index (χ1) is 20.1. The average Bonchev–Trinajstić information content (AvgIpc) is 3.52. The molecule has 6 rings (SSSR count). The quantitative estimate of drug-likeness (QED) is 0.422. The molecule has 1 aromatic heterocycles. The van der Waals surface area contributed by atoms with E-state index in [4.69, 9.17) is 30.6 Å². The molecule has 0 spiro atoms. The Morgan fingerprint density at radius 2 is 1.98 bits per heavy atom. The first-order valence-corrected chi connectivity index (χ1v) is 15.8. The normalized spacial score (nSPS) is 26.2. The van der Waals surface area contributed by atoms with E-state index in [1.165, 1.54) is 0 Å². The summed E-state index contributed by atoms with van der Waals surface area (Å²) in [6.45, 7) is 10.1. The summed E-state index contributed by atoms with van der Waals surface area (Å²) in [5.74, 6) is -0.135. The predicted octanol–water partition coefficient (Wildman–Crippen LogP) is 3.53. The first-order valence-electron chi connectivity index (χ1n) is 14.2. The van der Waals surface area contributed by atoms with Crippen molar-refractivity contribution in [3.05, 3.63) is 76.2 Å². The summed E-state index contributed by atoms with van der Waals surface area (Å²) in [6.07, 6.45) is -0.118. The number of fused-ring (bicyclic) bond motifs is 1. The van der Waals surface area contributed by atoms with Crippen molar-refractivity contribution in [3.8, 4) is 0 Å². The smallest absolute Gasteiger partial charge is 0.249 e. The summed E-state index contributed by atoms with van der Waals surface area (Å²) in [5.41, 5.74) is 3.50. The van der Waals surface area contributed by atoms with E-state index in [9.17, 15) is 4.79 Å². The highest BCUT2D eigenvalue weighted by molar-refractivity contribution is 7.29. The summed E-state index contributed by atoms with van der Waals surface area (Å²) in [5, 5.41) is 12.6. The maximum absolute atomic E-state index is 14.6. The molecule has 1 N–H and O–H groups in total. The van der Waals surface area contributed by atoms with Crippen LogP contribution in [0.15, 0.2) is 58.0 Å². The van der Waals surface area contributed by atoms with E-state index in [-0.39, 0.29) is 23.3 Å². The standard InChI is InChI=1S/C31H37ClN4O4P2/c1-18-4-7-24(19(2)12-18)36-31(3,30(37)33-14-21-15-35-10-11-38-16-20(35)17-39-21)28(25-8-9-27(32)40-25)29(34-36)23-6-5-22(41)13-26(23)42/h4-9,12-13,20-21,28H,10-11,14-17,41-42H2,1-3H3,(H,33,37)/t20-,21?,28?,31?/m1/s1. The van der Waals surface area contributed by atoms with Gasteiger partial charge in [-0.1, -0.05) is 29.8 Å². The highest BCUT2D eigenvalue weighted by atomic mass is 35.5. The van der Waals surface area contributed by atoms with Gasteiger partial charge in [-0.25, -0.2) is 5.01 Å². The number of morpholine rings is 2. The van der Waals surface area contributed by atoms with Crippen molar-refractivity contribution in [3.63, 3.8) is 0 Å². The topological polar surface area (TPSA) is 79.5 Å². The van der Waals surface area contributed by atoms with Gasteiger partial charge in [0, 0.05) is 25.2 Å². The van der Waals surface area contributed by atoms with E-state index in [2.05, 4.69) is 47.8 Å². The third-order valence-electron chi connectivity index (χ3n) is 8.56. The molecule has 0 radical (unpaired) electrons. The summed E-state index contributed by atoms with van der Waals surface area (Å²) in [7, 11) is 5.54. The Balaban J connectivity index is 1.40. The SMILES string of the molecule is Cc1ccc(N2N=C(c3ccc(P)cc3P)C(c3ccc(Cl)o3)C2(C)C(=O)NCC2CN3CCOC[C@@H]3CO2)c(C)c1. The Hall–Kier alpha value is -2.31. The lowest BCUT2D eigenvalue weighted by Gasteiger charge is -2.42. The third-order valence-corrected chi connectivity index (χ3v) is 9.60. The minimum absolute atomic E-state index is 0.118. The van der Waals surface area contributed by atoms with E-state index in [1.807, 2.05) is 49.2 Å². The Labute approximate surface area is 256 Å². The van der Waals surface area contributed by atoms with Crippen LogP contribution in [0.2, 0.25) is 5.22 Å². The molecule has 2 fully saturated rings. The first kappa shape index (κ1) is 29.7. The van der Waals surface area contributed by atoms with Gasteiger partial charge in [0.2, 0.25) is 5.91 Å². The van der Waals surface area contributed by atoms with E-state index >= 15 is 0 Å². The number of amides is 1. The van der Waals surface area contributed by atoms with E-state index in [0.717, 1.165) is 58.4 Å². The molecule has 42 heavy (non-hydrogen) atoms. The number of halogens is 1. The summed E-state index contributed by atoms with van der Waals surface area (Å²) in [4.78, 5) is 17.0. The summed E-state index contributed by atoms with van der Waals surface area (Å²) < 4.78 is 17.8. The lowest BCUT2D eigenvalue weighted by molar-refractivity contribution is -0.131. The van der Waals surface area contributed by atoms with E-state index in [1.54, 1.807) is 6.07 Å². The van der Waals surface area contributed by atoms with E-state index in [0.29, 0.717) is 25.5 Å². The average molecular weight is 627 g/mol. The minimum Gasteiger partial charge on any atom is -0.449 e. The Kier molecular flexibility index (Phi) is 8.50. The van der Waals surface area contributed by atoms with Gasteiger partial charge >= 0.3 is 0 Å². The number of carbonyl (C=O) groups excluding carboxylic acids is 1. The number of nitrogens with one attached hydrogen (secondary N) is 1. The zero-order chi connectivity index (χ0) is 29.6. The van der Waals surface area contributed by atoms with Crippen molar-refractivity contribution in [2.24, 2.45) is 5.10 Å². The van der Waals surface area contributed by atoms with Crippen LogP contribution in [0.4, 0.5) is 5.69 Å². The molecule has 5 unspecified atom stereocenters. The number of anilines is 1. The van der Waals surface area contributed by atoms with Crippen molar-refractivity contribution >= 4 is 58.0 Å². The fraction of sp³-hybridized carbons (Fsp3) is 0.419. The maximum Gasteiger partial charge on any atom is 0.249 e. The zero-order valence-electron chi connectivity index (χ0n) is 24.1. The van der Waals surface area contributed by atoms with Gasteiger partial charge in [0.1, 0.15) is 5.76 Å². The zero-order valence-corrected chi connectivity index (χ0v) is 27.2. The van der Waals surface area contributed by atoms with Gasteiger partial charge in [0.05, 0.1) is 49.3 Å². The van der Waals surface area contributed by atoms with E-state index < -0.39 is 11.5 Å². The fourth-order valence-electron chi connectivity index (χ4n) is 6.30. The Bertz CT molecular complexity index is 1530. The largest absolute Gasteiger partial charge is 0.449 e. The van der Waals surface area contributed by atoms with Gasteiger partial charge < -0.3 is 19.2 Å². The second-order valence-corrected chi connectivity index (χ2v) is 13.2. The van der Waals surface area contributed by atoms with Gasteiger partial charge in [-0.2, -0.15) is 5.10 Å². The van der Waals surface area contributed by atoms with Crippen LogP contribution in [0, 0.1) is 13.8 Å². The molecular formula is C31H37ClN4O4P2. The third kappa shape index (κ3) is 5.54. The Morgan fingerprint density at radius 1 is 1.14 bits per heavy atom. The molecule has 222 valence electrons. The molecule has 3 aromatic rings. The molecule has 2 aromatic carbocycles. The summed E-state index contributed by atoms with van der Waals surface area (Å²) in [6, 6.07) is 16.2. The van der Waals surface area contributed by atoms with Crippen LogP contribution in [-0.4, -0.2) is 73.7 Å². The molecule has 0 saturated carbocycles. The van der Waals surface area contributed by atoms with Gasteiger partial charge in [0.15, 0.2) is 10.8 Å². The molecule has 2 saturated heterocycles. The number of benzene rings is 2. The molecule has 1 amide bonds. The van der Waals surface area contributed by atoms with Crippen molar-refractivity contribution in [2.75, 3.05) is 44.5 Å². The lowest BCUT2D eigenvalue weighted by atomic mass is 9.78. The number of hydrazone groups is 1. The van der Waals surface area contributed by atoms with Crippen LogP contribution >= 0.6 is 30.1 Å². The van der Waals surface area contributed by atoms with Gasteiger partial charge in [0.25, 0.3) is 0 Å². The second kappa shape index (κ2) is 12.0. The highest BCUT2D eigenvalue weighted by Gasteiger charge is 2.56. The molecule has 6 atom stereocenters. The fourth-order valence-corrected chi connectivity index (χ4v) is 7.36. The van der Waals surface area contributed by atoms with Crippen molar-refractivity contribution < 1.29 is 18.7 Å². The molecule has 3 aliphatic heterocycles. The molecule has 11 heteroatoms. The van der Waals surface area contributed by atoms with Crippen LogP contribution in [0.5, 0.6) is 0 Å². The molecular weight excluding hydrogens is 590 g/mol. The van der Waals surface area contributed by atoms with Crippen LogP contribution in [0.1, 0.15) is 35.3 Å². The number of carbonyl (C=O) groups is 1. The van der Waals surface area contributed by atoms with Crippen LogP contribution in [0.25, 0.3) is 0 Å². The monoisotopic (exact) mass is 626 g/mol. The molecule has 4 heterocycles. The number of rotatable bonds is 6. The Morgan fingerprint density at radius 3 is 2.71 bits per heavy atom. The highest BCUT2D eigenvalue weighted by Crippen LogP contribution is 2.46. The van der Waals surface area contributed by atoms with Crippen molar-refractivity contribution in [1.82, 2.24) is 10.2 Å². The minimum atomic E-state index is -1.18.